The van der Waals surface area contributed by atoms with Gasteiger partial charge in [-0.3, -0.25) is 0 Å². The lowest BCUT2D eigenvalue weighted by Crippen LogP contribution is -2.67. The summed E-state index contributed by atoms with van der Waals surface area (Å²) in [6.45, 7) is 0.00497. The average molecular weight is 447 g/mol. The van der Waals surface area contributed by atoms with E-state index in [1.165, 1.54) is 0 Å². The first kappa shape index (κ1) is 22.9. The highest BCUT2D eigenvalue weighted by molar-refractivity contribution is 9.09. The first-order valence-corrected chi connectivity index (χ1v) is 6.48. The zero-order valence-corrected chi connectivity index (χ0v) is 12.6. The summed E-state index contributed by atoms with van der Waals surface area (Å²) in [5.41, 5.74) is -0.638. The van der Waals surface area contributed by atoms with Crippen molar-refractivity contribution in [1.29, 1.82) is 0 Å². The van der Waals surface area contributed by atoms with Gasteiger partial charge in [-0.25, -0.2) is 4.79 Å². The predicted octanol–water partition coefficient (Wildman–Crippen LogP) is 4.58. The molecule has 0 N–H and O–H groups in total. The highest BCUT2D eigenvalue weighted by Gasteiger charge is 2.87. The number of carbonyl (C=O) groups is 1. The zero-order chi connectivity index (χ0) is 19.8. The fraction of sp³-hybridized carbons (Fsp3) is 0.700. The molecule has 0 saturated carbocycles. The first-order chi connectivity index (χ1) is 10.4. The summed E-state index contributed by atoms with van der Waals surface area (Å²) >= 11 is 2.57. The van der Waals surface area contributed by atoms with Gasteiger partial charge in [-0.15, -0.1) is 0 Å². The van der Waals surface area contributed by atoms with Gasteiger partial charge in [0.2, 0.25) is 0 Å². The fourth-order valence-electron chi connectivity index (χ4n) is 1.01. The van der Waals surface area contributed by atoms with Crippen LogP contribution in [0.25, 0.3) is 0 Å². The van der Waals surface area contributed by atoms with Gasteiger partial charge in [0.25, 0.3) is 0 Å². The minimum Gasteiger partial charge on any atom is -0.456 e. The average Bonchev–Trinajstić information content (AvgIpc) is 2.41. The SMILES string of the molecule is C=C(CBr)C(=O)OCC(F)(F)C(F)(F)C(F)(F)C(F)(F)C(F)(F)F. The second kappa shape index (κ2) is 6.67. The van der Waals surface area contributed by atoms with Gasteiger partial charge in [0.1, 0.15) is 0 Å². The van der Waals surface area contributed by atoms with Gasteiger partial charge in [-0.05, 0) is 0 Å². The summed E-state index contributed by atoms with van der Waals surface area (Å²) in [4.78, 5) is 10.9. The van der Waals surface area contributed by atoms with Crippen LogP contribution in [-0.2, 0) is 9.53 Å². The molecule has 0 aromatic rings. The molecule has 0 atom stereocenters. The minimum absolute atomic E-state index is 0.407. The van der Waals surface area contributed by atoms with Gasteiger partial charge in [0.15, 0.2) is 6.61 Å². The molecule has 14 heteroatoms. The molecule has 0 aromatic carbocycles. The Bertz CT molecular complexity index is 498. The van der Waals surface area contributed by atoms with Crippen molar-refractivity contribution < 1.29 is 57.8 Å². The maximum atomic E-state index is 13.1. The van der Waals surface area contributed by atoms with Gasteiger partial charge in [-0.2, -0.15) is 48.3 Å². The number of halogens is 12. The van der Waals surface area contributed by atoms with Crippen molar-refractivity contribution in [3.8, 4) is 0 Å². The summed E-state index contributed by atoms with van der Waals surface area (Å²) < 4.78 is 142. The standard InChI is InChI=1S/C10H6BrF11O2/c1-4(2-11)5(23)24-3-6(12,13)7(14,15)8(16,17)9(18,19)10(20,21)22/h1-3H2. The van der Waals surface area contributed by atoms with Crippen molar-refractivity contribution in [2.45, 2.75) is 29.9 Å². The van der Waals surface area contributed by atoms with E-state index in [9.17, 15) is 53.1 Å². The lowest BCUT2D eigenvalue weighted by Gasteiger charge is -2.36. The largest absolute Gasteiger partial charge is 0.460 e. The maximum Gasteiger partial charge on any atom is 0.460 e. The van der Waals surface area contributed by atoms with Crippen LogP contribution in [0.3, 0.4) is 0 Å². The number of esters is 1. The topological polar surface area (TPSA) is 26.3 Å². The Labute approximate surface area is 134 Å². The molecule has 0 heterocycles. The molecule has 142 valence electrons. The van der Waals surface area contributed by atoms with Crippen molar-refractivity contribution in [1.82, 2.24) is 0 Å². The van der Waals surface area contributed by atoms with Crippen LogP contribution in [0.5, 0.6) is 0 Å². The molecule has 0 saturated heterocycles. The van der Waals surface area contributed by atoms with Gasteiger partial charge in [0.05, 0.1) is 0 Å². The fourth-order valence-corrected chi connectivity index (χ4v) is 1.24. The van der Waals surface area contributed by atoms with E-state index in [4.69, 9.17) is 0 Å². The van der Waals surface area contributed by atoms with E-state index >= 15 is 0 Å². The van der Waals surface area contributed by atoms with Crippen LogP contribution >= 0.6 is 15.9 Å². The summed E-state index contributed by atoms with van der Waals surface area (Å²) in [5, 5.41) is -0.407. The molecular formula is C10H6BrF11O2. The van der Waals surface area contributed by atoms with E-state index in [0.29, 0.717) is 0 Å². The van der Waals surface area contributed by atoms with E-state index in [2.05, 4.69) is 27.2 Å². The molecule has 0 aliphatic heterocycles. The molecule has 0 aromatic heterocycles. The van der Waals surface area contributed by atoms with Crippen LogP contribution in [0.15, 0.2) is 12.2 Å². The van der Waals surface area contributed by atoms with Crippen LogP contribution in [0.1, 0.15) is 0 Å². The molecule has 0 bridgehead atoms. The quantitative estimate of drug-likeness (QED) is 0.247. The number of rotatable bonds is 7. The van der Waals surface area contributed by atoms with Gasteiger partial charge in [-0.1, -0.05) is 22.5 Å². The first-order valence-electron chi connectivity index (χ1n) is 5.35. The van der Waals surface area contributed by atoms with Crippen molar-refractivity contribution in [3.63, 3.8) is 0 Å². The Morgan fingerprint density at radius 3 is 1.58 bits per heavy atom. The molecule has 0 rings (SSSR count). The highest BCUT2D eigenvalue weighted by atomic mass is 79.9. The minimum atomic E-state index is -7.53. The Kier molecular flexibility index (Phi) is 6.37. The smallest absolute Gasteiger partial charge is 0.456 e. The number of hydrogen-bond acceptors (Lipinski definition) is 2. The Morgan fingerprint density at radius 1 is 0.833 bits per heavy atom. The molecule has 0 aliphatic carbocycles. The van der Waals surface area contributed by atoms with Crippen molar-refractivity contribution in [2.24, 2.45) is 0 Å². The lowest BCUT2D eigenvalue weighted by molar-refractivity contribution is -0.423. The summed E-state index contributed by atoms with van der Waals surface area (Å²) in [7, 11) is 0. The number of alkyl halides is 12. The van der Waals surface area contributed by atoms with Crippen LogP contribution < -0.4 is 0 Å². The normalized spacial score (nSPS) is 14.5. The zero-order valence-electron chi connectivity index (χ0n) is 11.0. The number of ether oxygens (including phenoxy) is 1. The molecule has 0 fully saturated rings. The lowest BCUT2D eigenvalue weighted by atomic mass is 9.98. The third-order valence-corrected chi connectivity index (χ3v) is 3.12. The Balaban J connectivity index is 5.61. The second-order valence-electron chi connectivity index (χ2n) is 4.24. The predicted molar refractivity (Wildman–Crippen MR) is 59.7 cm³/mol. The molecule has 0 radical (unpaired) electrons. The molecule has 2 nitrogen and oxygen atoms in total. The van der Waals surface area contributed by atoms with Gasteiger partial charge < -0.3 is 4.74 Å². The monoisotopic (exact) mass is 446 g/mol. The van der Waals surface area contributed by atoms with E-state index < -0.39 is 53.3 Å². The second-order valence-corrected chi connectivity index (χ2v) is 4.80. The van der Waals surface area contributed by atoms with Gasteiger partial charge >= 0.3 is 35.8 Å². The van der Waals surface area contributed by atoms with E-state index in [-0.39, 0.29) is 0 Å². The summed E-state index contributed by atoms with van der Waals surface area (Å²) in [6.07, 6.45) is -7.24. The highest BCUT2D eigenvalue weighted by Crippen LogP contribution is 2.57. The molecule has 0 amide bonds. The molecular weight excluding hydrogens is 441 g/mol. The van der Waals surface area contributed by atoms with Crippen LogP contribution in [0.2, 0.25) is 0 Å². The molecule has 0 aliphatic rings. The summed E-state index contributed by atoms with van der Waals surface area (Å²) in [5.74, 6) is -30.2. The van der Waals surface area contributed by atoms with Crippen LogP contribution in [-0.4, -0.2) is 47.8 Å². The van der Waals surface area contributed by atoms with Gasteiger partial charge in [0, 0.05) is 10.9 Å². The number of hydrogen-bond donors (Lipinski definition) is 0. The third-order valence-electron chi connectivity index (χ3n) is 2.44. The molecule has 0 spiro atoms. The summed E-state index contributed by atoms with van der Waals surface area (Å²) in [6, 6.07) is 0. The number of carbonyl (C=O) groups excluding carboxylic acids is 1. The molecule has 24 heavy (non-hydrogen) atoms. The van der Waals surface area contributed by atoms with Crippen LogP contribution in [0.4, 0.5) is 48.3 Å². The Morgan fingerprint density at radius 2 is 1.25 bits per heavy atom. The molecule has 0 unspecified atom stereocenters. The maximum absolute atomic E-state index is 13.1. The van der Waals surface area contributed by atoms with E-state index in [1.807, 2.05) is 0 Å². The van der Waals surface area contributed by atoms with Crippen LogP contribution in [0, 0.1) is 0 Å². The van der Waals surface area contributed by atoms with Crippen molar-refractivity contribution in [3.05, 3.63) is 12.2 Å². The van der Waals surface area contributed by atoms with Crippen molar-refractivity contribution >= 4 is 21.9 Å². The van der Waals surface area contributed by atoms with E-state index in [1.54, 1.807) is 0 Å². The van der Waals surface area contributed by atoms with Crippen molar-refractivity contribution in [2.75, 3.05) is 11.9 Å². The van der Waals surface area contributed by atoms with E-state index in [0.717, 1.165) is 0 Å². The Hall–Kier alpha value is -1.08. The third kappa shape index (κ3) is 3.77.